The van der Waals surface area contributed by atoms with Crippen molar-refractivity contribution in [2.45, 2.75) is 13.8 Å². The molecular formula is C48H33N3O4S4. The number of hydrogen-bond donors (Lipinski definition) is 2. The van der Waals surface area contributed by atoms with E-state index in [2.05, 4.69) is 139 Å². The maximum Gasteiger partial charge on any atom is 0.346 e. The molecule has 2 N–H and O–H groups in total. The van der Waals surface area contributed by atoms with Gasteiger partial charge in [0.2, 0.25) is 0 Å². The van der Waals surface area contributed by atoms with Gasteiger partial charge in [-0.2, -0.15) is 5.26 Å². The van der Waals surface area contributed by atoms with E-state index in [0.717, 1.165) is 67.2 Å². The van der Waals surface area contributed by atoms with E-state index >= 15 is 0 Å². The highest BCUT2D eigenvalue weighted by Gasteiger charge is 2.15. The molecule has 7 aromatic rings. The first kappa shape index (κ1) is 40.3. The van der Waals surface area contributed by atoms with Crippen molar-refractivity contribution in [2.24, 2.45) is 0 Å². The van der Waals surface area contributed by atoms with Crippen molar-refractivity contribution in [1.29, 1.82) is 5.26 Å². The normalized spacial score (nSPS) is 11.9. The first-order valence-electron chi connectivity index (χ1n) is 18.1. The second-order valence-corrected chi connectivity index (χ2v) is 17.7. The number of aliphatic carboxylic acids is 2. The molecule has 0 saturated heterocycles. The van der Waals surface area contributed by atoms with E-state index in [1.165, 1.54) is 46.0 Å². The third-order valence-electron chi connectivity index (χ3n) is 9.02. The number of carboxylic acids is 2. The summed E-state index contributed by atoms with van der Waals surface area (Å²) in [6, 6.07) is 41.1. The van der Waals surface area contributed by atoms with Gasteiger partial charge in [0.05, 0.1) is 6.57 Å². The predicted molar refractivity (Wildman–Crippen MR) is 247 cm³/mol. The van der Waals surface area contributed by atoms with Crippen molar-refractivity contribution in [3.05, 3.63) is 180 Å². The number of aryl methyl sites for hydroxylation is 2. The number of benzene rings is 3. The number of rotatable bonds is 13. The fourth-order valence-corrected chi connectivity index (χ4v) is 10.0. The third kappa shape index (κ3) is 9.82. The minimum Gasteiger partial charge on any atom is -0.486 e. The van der Waals surface area contributed by atoms with Gasteiger partial charge in [-0.25, -0.2) is 9.64 Å². The molecule has 4 aromatic heterocycles. The van der Waals surface area contributed by atoms with Crippen LogP contribution < -0.4 is 4.90 Å². The Labute approximate surface area is 357 Å². The molecule has 0 radical (unpaired) electrons. The van der Waals surface area contributed by atoms with E-state index in [0.29, 0.717) is 0 Å². The molecule has 3 aromatic carbocycles. The maximum atomic E-state index is 11.2. The van der Waals surface area contributed by atoms with Gasteiger partial charge in [0.15, 0.2) is 0 Å². The molecule has 0 aliphatic carbocycles. The van der Waals surface area contributed by atoms with Gasteiger partial charge < -0.3 is 15.1 Å². The fourth-order valence-electron chi connectivity index (χ4n) is 6.15. The van der Waals surface area contributed by atoms with E-state index in [4.69, 9.17) is 11.8 Å². The summed E-state index contributed by atoms with van der Waals surface area (Å²) in [6.45, 7) is 11.3. The summed E-state index contributed by atoms with van der Waals surface area (Å²) in [5.74, 6) is -2.46. The Hall–Kier alpha value is -6.86. The lowest BCUT2D eigenvalue weighted by Crippen LogP contribution is -2.11. The van der Waals surface area contributed by atoms with Crippen LogP contribution >= 0.6 is 45.3 Å². The Kier molecular flexibility index (Phi) is 12.4. The summed E-state index contributed by atoms with van der Waals surface area (Å²) in [4.78, 5) is 35.6. The van der Waals surface area contributed by atoms with Gasteiger partial charge in [0, 0.05) is 56.1 Å². The van der Waals surface area contributed by atoms with E-state index < -0.39 is 11.9 Å². The molecule has 0 aliphatic heterocycles. The molecule has 4 heterocycles. The second kappa shape index (κ2) is 18.2. The van der Waals surface area contributed by atoms with Crippen LogP contribution in [0.1, 0.15) is 41.8 Å². The van der Waals surface area contributed by atoms with Crippen LogP contribution in [-0.4, -0.2) is 22.2 Å². The summed E-state index contributed by atoms with van der Waals surface area (Å²) in [7, 11) is 0. The quantitative estimate of drug-likeness (QED) is 0.0680. The zero-order valence-electron chi connectivity index (χ0n) is 31.6. The monoisotopic (exact) mass is 843 g/mol. The van der Waals surface area contributed by atoms with Gasteiger partial charge in [0.1, 0.15) is 11.6 Å². The van der Waals surface area contributed by atoms with Crippen LogP contribution in [0.2, 0.25) is 0 Å². The van der Waals surface area contributed by atoms with Gasteiger partial charge in [-0.3, -0.25) is 4.79 Å². The van der Waals surface area contributed by atoms with E-state index in [9.17, 15) is 19.8 Å². The highest BCUT2D eigenvalue weighted by Crippen LogP contribution is 2.39. The van der Waals surface area contributed by atoms with Gasteiger partial charge in [-0.1, -0.05) is 54.1 Å². The van der Waals surface area contributed by atoms with E-state index in [-0.39, 0.29) is 11.3 Å². The number of anilines is 3. The molecule has 0 atom stereocenters. The van der Waals surface area contributed by atoms with E-state index in [1.807, 2.05) is 24.3 Å². The first-order chi connectivity index (χ1) is 28.6. The van der Waals surface area contributed by atoms with Crippen molar-refractivity contribution in [1.82, 2.24) is 0 Å². The molecule has 59 heavy (non-hydrogen) atoms. The fraction of sp³-hybridized carbons (Fsp3) is 0.0417. The van der Waals surface area contributed by atoms with Crippen molar-refractivity contribution < 1.29 is 19.8 Å². The lowest BCUT2D eigenvalue weighted by atomic mass is 10.1. The van der Waals surface area contributed by atoms with Gasteiger partial charge in [0.25, 0.3) is 5.70 Å². The number of nitrogens with zero attached hydrogens (tertiary/aromatic N) is 3. The van der Waals surface area contributed by atoms with E-state index in [1.54, 1.807) is 28.7 Å². The van der Waals surface area contributed by atoms with Crippen LogP contribution in [0.5, 0.6) is 0 Å². The van der Waals surface area contributed by atoms with Gasteiger partial charge in [-0.15, -0.1) is 45.3 Å². The Morgan fingerprint density at radius 1 is 0.610 bits per heavy atom. The molecule has 11 heteroatoms. The molecule has 0 aliphatic rings. The first-order valence-corrected chi connectivity index (χ1v) is 21.3. The van der Waals surface area contributed by atoms with Crippen LogP contribution in [0, 0.1) is 31.8 Å². The zero-order chi connectivity index (χ0) is 41.5. The highest BCUT2D eigenvalue weighted by molar-refractivity contribution is 7.23. The van der Waals surface area contributed by atoms with Crippen molar-refractivity contribution in [3.8, 4) is 25.6 Å². The molecule has 0 fully saturated rings. The summed E-state index contributed by atoms with van der Waals surface area (Å²) >= 11 is 6.21. The van der Waals surface area contributed by atoms with Crippen molar-refractivity contribution in [3.63, 3.8) is 0 Å². The average molecular weight is 844 g/mol. The van der Waals surface area contributed by atoms with Gasteiger partial charge in [-0.05, 0) is 134 Å². The van der Waals surface area contributed by atoms with Gasteiger partial charge >= 0.3 is 11.9 Å². The largest absolute Gasteiger partial charge is 0.486 e. The van der Waals surface area contributed by atoms with Crippen molar-refractivity contribution in [2.75, 3.05) is 4.90 Å². The molecule has 0 unspecified atom stereocenters. The standard InChI is InChI=1S/C48H33N3O4S4/c1-30-4-21-42(31(2)26-30)51(35-11-5-32(6-12-35)9-15-37-17-22-43(56-37)45-24-19-39(58-45)27-34(29-49)47(52)53)36-13-7-33(8-14-36)10-16-38-18-23-44(57-38)46-25-20-40(59-46)28-41(50-3)48(54)55/h4-28H,1-2H3,(H,52,53)(H,54,55). The predicted octanol–water partition coefficient (Wildman–Crippen LogP) is 14.0. The van der Waals surface area contributed by atoms with Crippen molar-refractivity contribution >= 4 is 111 Å². The SMILES string of the molecule is [C-]#[N+]C(=Cc1ccc(-c2ccc(C=Cc3ccc(N(c4ccc(C=Cc5ccc(-c6ccc(C=C(C#N)C(=O)O)s6)s5)cc4)c4ccc(C)cc4C)cc3)s2)s1)C(=O)O. The Balaban J connectivity index is 1.06. The van der Waals surface area contributed by atoms with Crippen LogP contribution in [0.3, 0.4) is 0 Å². The Morgan fingerprint density at radius 3 is 1.49 bits per heavy atom. The molecule has 0 spiro atoms. The minimum absolute atomic E-state index is 0.287. The highest BCUT2D eigenvalue weighted by atomic mass is 32.1. The summed E-state index contributed by atoms with van der Waals surface area (Å²) < 4.78 is 0. The Bertz CT molecular complexity index is 2720. The van der Waals surface area contributed by atoms with Crippen LogP contribution in [-0.2, 0) is 9.59 Å². The smallest absolute Gasteiger partial charge is 0.346 e. The zero-order valence-corrected chi connectivity index (χ0v) is 34.9. The summed E-state index contributed by atoms with van der Waals surface area (Å²) in [5.41, 5.74) is 7.07. The molecular weight excluding hydrogens is 811 g/mol. The number of carboxylic acid groups (broad SMARTS) is 2. The number of carbonyl (C=O) groups is 2. The van der Waals surface area contributed by atoms with Crippen LogP contribution in [0.25, 0.3) is 60.8 Å². The lowest BCUT2D eigenvalue weighted by molar-refractivity contribution is -0.133. The molecule has 7 rings (SSSR count). The number of thiophene rings is 4. The van der Waals surface area contributed by atoms with Crippen LogP contribution in [0.4, 0.5) is 17.1 Å². The Morgan fingerprint density at radius 2 is 1.07 bits per heavy atom. The number of nitriles is 1. The molecule has 0 saturated carbocycles. The third-order valence-corrected chi connectivity index (χ3v) is 13.6. The summed E-state index contributed by atoms with van der Waals surface area (Å²) in [5, 5.41) is 27.5. The molecule has 7 nitrogen and oxygen atoms in total. The average Bonchev–Trinajstić information content (AvgIpc) is 4.07. The molecule has 0 bridgehead atoms. The summed E-state index contributed by atoms with van der Waals surface area (Å²) in [6.07, 6.45) is 11.2. The maximum absolute atomic E-state index is 11.2. The minimum atomic E-state index is -1.23. The molecule has 288 valence electrons. The topological polar surface area (TPSA) is 106 Å². The second-order valence-electron chi connectivity index (χ2n) is 13.2. The lowest BCUT2D eigenvalue weighted by Gasteiger charge is -2.27. The molecule has 0 amide bonds. The number of hydrogen-bond acceptors (Lipinski definition) is 8. The van der Waals surface area contributed by atoms with Crippen LogP contribution in [0.15, 0.2) is 127 Å².